The lowest BCUT2D eigenvalue weighted by atomic mass is 9.87. The number of alkyl halides is 1. The highest BCUT2D eigenvalue weighted by molar-refractivity contribution is 7.99. The van der Waals surface area contributed by atoms with Crippen LogP contribution in [0.25, 0.3) is 0 Å². The molecule has 2 aromatic carbocycles. The van der Waals surface area contributed by atoms with Gasteiger partial charge in [0.05, 0.1) is 0 Å². The van der Waals surface area contributed by atoms with Gasteiger partial charge < -0.3 is 0 Å². The molecular weight excluding hydrogens is 284 g/mol. The molecule has 0 N–H and O–H groups in total. The molecule has 0 saturated carbocycles. The molecule has 1 aliphatic rings. The molecule has 2 heteroatoms. The van der Waals surface area contributed by atoms with Gasteiger partial charge in [0.25, 0.3) is 0 Å². The summed E-state index contributed by atoms with van der Waals surface area (Å²) in [6.45, 7) is 2.15. The molecule has 0 aliphatic carbocycles. The predicted molar refractivity (Wildman–Crippen MR) is 89.2 cm³/mol. The summed E-state index contributed by atoms with van der Waals surface area (Å²) in [6, 6.07) is 17.6. The van der Waals surface area contributed by atoms with Gasteiger partial charge in [0.2, 0.25) is 0 Å². The van der Waals surface area contributed by atoms with Crippen LogP contribution < -0.4 is 0 Å². The van der Waals surface area contributed by atoms with Crippen LogP contribution >= 0.6 is 23.4 Å². The maximum Gasteiger partial charge on any atom is 0.0292 e. The standard InChI is InChI=1S/C18H19ClS/c1-13-5-4-6-14(9-13)15(11-19)10-16-12-20-18-8-3-2-7-17(16)18/h2-9,15-16H,10-12H2,1H3. The zero-order valence-corrected chi connectivity index (χ0v) is 13.3. The molecule has 0 amide bonds. The predicted octanol–water partition coefficient (Wildman–Crippen LogP) is 5.60. The van der Waals surface area contributed by atoms with Crippen molar-refractivity contribution in [1.29, 1.82) is 0 Å². The Labute approximate surface area is 130 Å². The largest absolute Gasteiger partial charge is 0.126 e. The lowest BCUT2D eigenvalue weighted by Crippen LogP contribution is -2.08. The van der Waals surface area contributed by atoms with Crippen molar-refractivity contribution in [3.8, 4) is 0 Å². The first-order valence-corrected chi connectivity index (χ1v) is 8.64. The fourth-order valence-corrected chi connectivity index (χ4v) is 4.56. The zero-order valence-electron chi connectivity index (χ0n) is 11.7. The Bertz CT molecular complexity index is 593. The molecule has 0 nitrogen and oxygen atoms in total. The monoisotopic (exact) mass is 302 g/mol. The Morgan fingerprint density at radius 2 is 2.05 bits per heavy atom. The van der Waals surface area contributed by atoms with E-state index in [0.29, 0.717) is 17.7 Å². The van der Waals surface area contributed by atoms with E-state index in [9.17, 15) is 0 Å². The molecule has 0 radical (unpaired) electrons. The van der Waals surface area contributed by atoms with Crippen molar-refractivity contribution in [2.45, 2.75) is 30.1 Å². The van der Waals surface area contributed by atoms with E-state index in [0.717, 1.165) is 6.42 Å². The van der Waals surface area contributed by atoms with Gasteiger partial charge in [-0.3, -0.25) is 0 Å². The van der Waals surface area contributed by atoms with E-state index in [1.54, 1.807) is 0 Å². The summed E-state index contributed by atoms with van der Waals surface area (Å²) in [7, 11) is 0. The number of fused-ring (bicyclic) bond motifs is 1. The first-order valence-electron chi connectivity index (χ1n) is 7.12. The normalized spacial score (nSPS) is 18.8. The maximum atomic E-state index is 6.25. The number of hydrogen-bond donors (Lipinski definition) is 0. The summed E-state index contributed by atoms with van der Waals surface area (Å²) >= 11 is 8.24. The molecule has 0 aromatic heterocycles. The van der Waals surface area contributed by atoms with Crippen LogP contribution in [-0.4, -0.2) is 11.6 Å². The van der Waals surface area contributed by atoms with Gasteiger partial charge in [-0.05, 0) is 42.4 Å². The van der Waals surface area contributed by atoms with Crippen LogP contribution in [0.1, 0.15) is 34.9 Å². The van der Waals surface area contributed by atoms with E-state index in [-0.39, 0.29) is 0 Å². The van der Waals surface area contributed by atoms with Gasteiger partial charge in [-0.25, -0.2) is 0 Å². The van der Waals surface area contributed by atoms with Crippen LogP contribution in [0.4, 0.5) is 0 Å². The highest BCUT2D eigenvalue weighted by Gasteiger charge is 2.26. The number of halogens is 1. The van der Waals surface area contributed by atoms with Gasteiger partial charge in [0.1, 0.15) is 0 Å². The van der Waals surface area contributed by atoms with E-state index in [1.807, 2.05) is 11.8 Å². The topological polar surface area (TPSA) is 0 Å². The van der Waals surface area contributed by atoms with Crippen molar-refractivity contribution >= 4 is 23.4 Å². The smallest absolute Gasteiger partial charge is 0.0292 e. The van der Waals surface area contributed by atoms with Crippen LogP contribution in [0.3, 0.4) is 0 Å². The lowest BCUT2D eigenvalue weighted by Gasteiger charge is -2.19. The Morgan fingerprint density at radius 3 is 2.85 bits per heavy atom. The number of thioether (sulfide) groups is 1. The van der Waals surface area contributed by atoms with Crippen molar-refractivity contribution in [3.05, 3.63) is 65.2 Å². The van der Waals surface area contributed by atoms with Gasteiger partial charge in [0.15, 0.2) is 0 Å². The molecule has 20 heavy (non-hydrogen) atoms. The zero-order chi connectivity index (χ0) is 13.9. The van der Waals surface area contributed by atoms with Crippen LogP contribution in [0.5, 0.6) is 0 Å². The summed E-state index contributed by atoms with van der Waals surface area (Å²) in [6.07, 6.45) is 1.15. The molecule has 0 saturated heterocycles. The molecule has 2 aromatic rings. The van der Waals surface area contributed by atoms with Gasteiger partial charge in [-0.15, -0.1) is 23.4 Å². The molecule has 0 bridgehead atoms. The number of rotatable bonds is 4. The van der Waals surface area contributed by atoms with Crippen LogP contribution in [0.15, 0.2) is 53.4 Å². The quantitative estimate of drug-likeness (QED) is 0.663. The summed E-state index contributed by atoms with van der Waals surface area (Å²) < 4.78 is 0. The fraction of sp³-hybridized carbons (Fsp3) is 0.333. The second-order valence-corrected chi connectivity index (χ2v) is 6.92. The Hall–Kier alpha value is -0.920. The van der Waals surface area contributed by atoms with E-state index >= 15 is 0 Å². The average molecular weight is 303 g/mol. The first-order chi connectivity index (χ1) is 9.78. The fourth-order valence-electron chi connectivity index (χ4n) is 2.98. The molecular formula is C18H19ClS. The summed E-state index contributed by atoms with van der Waals surface area (Å²) in [5.74, 6) is 2.99. The minimum atomic E-state index is 0.452. The van der Waals surface area contributed by atoms with Gasteiger partial charge in [0, 0.05) is 16.5 Å². The third-order valence-electron chi connectivity index (χ3n) is 4.07. The molecule has 104 valence electrons. The highest BCUT2D eigenvalue weighted by atomic mass is 35.5. The highest BCUT2D eigenvalue weighted by Crippen LogP contribution is 2.44. The Kier molecular flexibility index (Phi) is 4.38. The van der Waals surface area contributed by atoms with Gasteiger partial charge in [-0.2, -0.15) is 0 Å². The van der Waals surface area contributed by atoms with Crippen molar-refractivity contribution in [2.75, 3.05) is 11.6 Å². The number of benzene rings is 2. The lowest BCUT2D eigenvalue weighted by molar-refractivity contribution is 0.604. The Balaban J connectivity index is 1.80. The Morgan fingerprint density at radius 1 is 1.20 bits per heavy atom. The molecule has 0 fully saturated rings. The third kappa shape index (κ3) is 2.89. The average Bonchev–Trinajstić information content (AvgIpc) is 2.88. The van der Waals surface area contributed by atoms with Crippen molar-refractivity contribution in [3.63, 3.8) is 0 Å². The summed E-state index contributed by atoms with van der Waals surface area (Å²) in [5.41, 5.74) is 4.22. The minimum absolute atomic E-state index is 0.452. The maximum absolute atomic E-state index is 6.25. The van der Waals surface area contributed by atoms with Crippen LogP contribution in [-0.2, 0) is 0 Å². The van der Waals surface area contributed by atoms with E-state index < -0.39 is 0 Å². The second kappa shape index (κ2) is 6.24. The number of hydrogen-bond acceptors (Lipinski definition) is 1. The molecule has 1 heterocycles. The molecule has 3 rings (SSSR count). The van der Waals surface area contributed by atoms with E-state index in [2.05, 4.69) is 55.5 Å². The first kappa shape index (κ1) is 14.0. The van der Waals surface area contributed by atoms with Crippen molar-refractivity contribution in [1.82, 2.24) is 0 Å². The van der Waals surface area contributed by atoms with Crippen LogP contribution in [0.2, 0.25) is 0 Å². The number of aryl methyl sites for hydroxylation is 1. The van der Waals surface area contributed by atoms with Crippen molar-refractivity contribution < 1.29 is 0 Å². The molecule has 2 unspecified atom stereocenters. The third-order valence-corrected chi connectivity index (χ3v) is 5.69. The van der Waals surface area contributed by atoms with Crippen molar-refractivity contribution in [2.24, 2.45) is 0 Å². The molecule has 0 spiro atoms. The SMILES string of the molecule is Cc1cccc(C(CCl)CC2CSc3ccccc32)c1. The van der Waals surface area contributed by atoms with Gasteiger partial charge in [-0.1, -0.05) is 48.0 Å². The van der Waals surface area contributed by atoms with E-state index in [1.165, 1.54) is 27.3 Å². The summed E-state index contributed by atoms with van der Waals surface area (Å²) in [4.78, 5) is 1.45. The molecule has 1 aliphatic heterocycles. The molecule has 2 atom stereocenters. The van der Waals surface area contributed by atoms with Gasteiger partial charge >= 0.3 is 0 Å². The van der Waals surface area contributed by atoms with Crippen LogP contribution in [0, 0.1) is 6.92 Å². The second-order valence-electron chi connectivity index (χ2n) is 5.55. The van der Waals surface area contributed by atoms with E-state index in [4.69, 9.17) is 11.6 Å². The minimum Gasteiger partial charge on any atom is -0.126 e. The summed E-state index contributed by atoms with van der Waals surface area (Å²) in [5, 5.41) is 0.